The van der Waals surface area contributed by atoms with Crippen LogP contribution in [0.3, 0.4) is 0 Å². The van der Waals surface area contributed by atoms with Crippen LogP contribution in [0.25, 0.3) is 0 Å². The molecule has 2 heteroatoms. The van der Waals surface area contributed by atoms with Crippen LogP contribution in [0.4, 0.5) is 0 Å². The van der Waals surface area contributed by atoms with E-state index in [0.717, 1.165) is 11.2 Å². The number of hydrogen-bond acceptors (Lipinski definition) is 1. The molecule has 0 N–H and O–H groups in total. The highest BCUT2D eigenvalue weighted by Gasteiger charge is 1.78. The zero-order valence-electron chi connectivity index (χ0n) is 4.85. The van der Waals surface area contributed by atoms with Crippen LogP contribution in [0.1, 0.15) is 20.3 Å². The normalized spacial score (nSPS) is 12.0. The standard InChI is InChI=1S/C5H11NO/c1-3-5-6(7)4-2/h5H,3-4H2,1-2H3. The van der Waals surface area contributed by atoms with Gasteiger partial charge in [-0.1, -0.05) is 6.92 Å². The summed E-state index contributed by atoms with van der Waals surface area (Å²) in [5.74, 6) is 0. The van der Waals surface area contributed by atoms with Crippen molar-refractivity contribution < 1.29 is 4.74 Å². The summed E-state index contributed by atoms with van der Waals surface area (Å²) < 4.78 is 0.931. The second-order valence-corrected chi connectivity index (χ2v) is 1.32. The lowest BCUT2D eigenvalue weighted by atomic mass is 10.5. The molecule has 0 aromatic rings. The summed E-state index contributed by atoms with van der Waals surface area (Å²) in [7, 11) is 0. The first-order valence-corrected chi connectivity index (χ1v) is 2.58. The first-order valence-electron chi connectivity index (χ1n) is 2.58. The molecular weight excluding hydrogens is 90.1 g/mol. The average Bonchev–Trinajstić information content (AvgIpc) is 1.68. The zero-order chi connectivity index (χ0) is 5.70. The first-order chi connectivity index (χ1) is 3.31. The number of hydroxylamine groups is 1. The van der Waals surface area contributed by atoms with Crippen LogP contribution in [0.15, 0.2) is 0 Å². The van der Waals surface area contributed by atoms with E-state index in [1.54, 1.807) is 6.21 Å². The first kappa shape index (κ1) is 6.47. The summed E-state index contributed by atoms with van der Waals surface area (Å²) in [6.07, 6.45) is 2.46. The summed E-state index contributed by atoms with van der Waals surface area (Å²) in [6, 6.07) is 0. The largest absolute Gasteiger partial charge is 0.624 e. The summed E-state index contributed by atoms with van der Waals surface area (Å²) in [5, 5.41) is 10.3. The van der Waals surface area contributed by atoms with Gasteiger partial charge in [-0.2, -0.15) is 0 Å². The van der Waals surface area contributed by atoms with Gasteiger partial charge in [-0.05, 0) is 6.92 Å². The molecule has 0 bridgehead atoms. The van der Waals surface area contributed by atoms with E-state index < -0.39 is 0 Å². The highest BCUT2D eigenvalue weighted by Crippen LogP contribution is 1.68. The monoisotopic (exact) mass is 101 g/mol. The Morgan fingerprint density at radius 1 is 1.57 bits per heavy atom. The fraction of sp³-hybridized carbons (Fsp3) is 0.800. The minimum Gasteiger partial charge on any atom is -0.624 e. The van der Waals surface area contributed by atoms with Crippen molar-refractivity contribution in [3.8, 4) is 0 Å². The molecule has 0 heterocycles. The van der Waals surface area contributed by atoms with Crippen LogP contribution >= 0.6 is 0 Å². The van der Waals surface area contributed by atoms with E-state index in [1.807, 2.05) is 13.8 Å². The smallest absolute Gasteiger partial charge is 0.150 e. The van der Waals surface area contributed by atoms with Crippen molar-refractivity contribution >= 4 is 6.21 Å². The molecule has 0 amide bonds. The molecule has 0 unspecified atom stereocenters. The third kappa shape index (κ3) is 3.30. The summed E-state index contributed by atoms with van der Waals surface area (Å²) in [5.41, 5.74) is 0. The fourth-order valence-electron chi connectivity index (χ4n) is 0.333. The molecule has 0 aliphatic rings. The molecule has 0 radical (unpaired) electrons. The third-order valence-corrected chi connectivity index (χ3v) is 0.698. The molecule has 42 valence electrons. The quantitative estimate of drug-likeness (QED) is 0.220. The molecule has 0 aromatic heterocycles. The van der Waals surface area contributed by atoms with E-state index in [2.05, 4.69) is 0 Å². The lowest BCUT2D eigenvalue weighted by Gasteiger charge is -1.95. The van der Waals surface area contributed by atoms with Gasteiger partial charge in [0.15, 0.2) is 6.21 Å². The van der Waals surface area contributed by atoms with Crippen molar-refractivity contribution in [2.24, 2.45) is 0 Å². The molecule has 0 rings (SSSR count). The Morgan fingerprint density at radius 3 is 2.29 bits per heavy atom. The maximum Gasteiger partial charge on any atom is 0.150 e. The van der Waals surface area contributed by atoms with Gasteiger partial charge in [0.2, 0.25) is 0 Å². The summed E-state index contributed by atoms with van der Waals surface area (Å²) in [6.45, 7) is 4.34. The van der Waals surface area contributed by atoms with Gasteiger partial charge in [-0.3, -0.25) is 0 Å². The van der Waals surface area contributed by atoms with E-state index in [9.17, 15) is 5.21 Å². The molecule has 0 fully saturated rings. The molecular formula is C5H11NO. The minimum absolute atomic E-state index is 0.563. The van der Waals surface area contributed by atoms with E-state index in [4.69, 9.17) is 0 Å². The molecule has 0 saturated carbocycles. The van der Waals surface area contributed by atoms with Gasteiger partial charge in [0.1, 0.15) is 6.54 Å². The van der Waals surface area contributed by atoms with E-state index in [0.29, 0.717) is 6.54 Å². The molecule has 0 atom stereocenters. The predicted octanol–water partition coefficient (Wildman–Crippen LogP) is 0.997. The second-order valence-electron chi connectivity index (χ2n) is 1.32. The van der Waals surface area contributed by atoms with Gasteiger partial charge in [-0.15, -0.1) is 0 Å². The van der Waals surface area contributed by atoms with Gasteiger partial charge in [-0.25, -0.2) is 4.74 Å². The van der Waals surface area contributed by atoms with Crippen molar-refractivity contribution in [3.05, 3.63) is 5.21 Å². The van der Waals surface area contributed by atoms with Gasteiger partial charge < -0.3 is 5.21 Å². The molecule has 7 heavy (non-hydrogen) atoms. The number of nitrogens with zero attached hydrogens (tertiary/aromatic N) is 1. The Kier molecular flexibility index (Phi) is 3.38. The Bertz CT molecular complexity index is 68.5. The maximum absolute atomic E-state index is 10.3. The predicted molar refractivity (Wildman–Crippen MR) is 30.5 cm³/mol. The highest BCUT2D eigenvalue weighted by atomic mass is 16.5. The SMILES string of the molecule is CCC=[N+]([O-])CC. The van der Waals surface area contributed by atoms with Crippen LogP contribution < -0.4 is 0 Å². The van der Waals surface area contributed by atoms with Crippen LogP contribution in [0.5, 0.6) is 0 Å². The third-order valence-electron chi connectivity index (χ3n) is 0.698. The number of hydrogen-bond donors (Lipinski definition) is 0. The van der Waals surface area contributed by atoms with Gasteiger partial charge in [0.05, 0.1) is 0 Å². The van der Waals surface area contributed by atoms with Crippen molar-refractivity contribution in [1.82, 2.24) is 0 Å². The summed E-state index contributed by atoms with van der Waals surface area (Å²) >= 11 is 0. The van der Waals surface area contributed by atoms with Crippen molar-refractivity contribution in [2.45, 2.75) is 20.3 Å². The van der Waals surface area contributed by atoms with Gasteiger partial charge >= 0.3 is 0 Å². The Labute approximate surface area is 44.1 Å². The fourth-order valence-corrected chi connectivity index (χ4v) is 0.333. The molecule has 0 aliphatic carbocycles. The summed E-state index contributed by atoms with van der Waals surface area (Å²) in [4.78, 5) is 0. The molecule has 0 aromatic carbocycles. The van der Waals surface area contributed by atoms with Crippen LogP contribution in [-0.2, 0) is 0 Å². The lowest BCUT2D eigenvalue weighted by Crippen LogP contribution is -2.01. The topological polar surface area (TPSA) is 26.1 Å². The Morgan fingerprint density at radius 2 is 2.14 bits per heavy atom. The Hall–Kier alpha value is -0.530. The molecule has 0 spiro atoms. The van der Waals surface area contributed by atoms with Crippen molar-refractivity contribution in [2.75, 3.05) is 6.54 Å². The van der Waals surface area contributed by atoms with Crippen LogP contribution in [0, 0.1) is 5.21 Å². The van der Waals surface area contributed by atoms with Gasteiger partial charge in [0.25, 0.3) is 0 Å². The minimum atomic E-state index is 0.563. The molecule has 0 aliphatic heterocycles. The number of rotatable bonds is 2. The van der Waals surface area contributed by atoms with Crippen molar-refractivity contribution in [1.29, 1.82) is 0 Å². The molecule has 2 nitrogen and oxygen atoms in total. The molecule has 0 saturated heterocycles. The Balaban J connectivity index is 3.29. The van der Waals surface area contributed by atoms with Crippen LogP contribution in [-0.4, -0.2) is 17.5 Å². The zero-order valence-corrected chi connectivity index (χ0v) is 4.85. The van der Waals surface area contributed by atoms with E-state index in [-0.39, 0.29) is 0 Å². The van der Waals surface area contributed by atoms with Crippen LogP contribution in [0.2, 0.25) is 0 Å². The van der Waals surface area contributed by atoms with Crippen molar-refractivity contribution in [3.63, 3.8) is 0 Å². The highest BCUT2D eigenvalue weighted by molar-refractivity contribution is 5.50. The average molecular weight is 101 g/mol. The van der Waals surface area contributed by atoms with E-state index >= 15 is 0 Å². The lowest BCUT2D eigenvalue weighted by molar-refractivity contribution is -0.449. The maximum atomic E-state index is 10.3. The second kappa shape index (κ2) is 3.65. The van der Waals surface area contributed by atoms with Gasteiger partial charge in [0, 0.05) is 6.42 Å². The van der Waals surface area contributed by atoms with E-state index in [1.165, 1.54) is 0 Å².